The van der Waals surface area contributed by atoms with Crippen LogP contribution in [0.2, 0.25) is 0 Å². The molecule has 2 N–H and O–H groups in total. The molecule has 0 aliphatic carbocycles. The van der Waals surface area contributed by atoms with E-state index in [-0.39, 0.29) is 0 Å². The number of nitrogens with two attached hydrogens (primary N) is 1. The first-order valence-electron chi connectivity index (χ1n) is 18.0. The van der Waals surface area contributed by atoms with Gasteiger partial charge in [-0.1, -0.05) is 152 Å². The Labute approximate surface area is 312 Å². The van der Waals surface area contributed by atoms with Gasteiger partial charge in [-0.15, -0.1) is 0 Å². The molecule has 3 heteroatoms. The average molecular weight is 685 g/mol. The first-order valence-corrected chi connectivity index (χ1v) is 18.0. The van der Waals surface area contributed by atoms with E-state index in [0.29, 0.717) is 18.0 Å². The van der Waals surface area contributed by atoms with E-state index in [4.69, 9.17) is 10.5 Å². The number of ether oxygens (including phenoxy) is 1. The molecule has 3 nitrogen and oxygen atoms in total. The molecule has 0 aliphatic rings. The third kappa shape index (κ3) is 7.19. The van der Waals surface area contributed by atoms with Gasteiger partial charge in [0.05, 0.1) is 5.69 Å². The summed E-state index contributed by atoms with van der Waals surface area (Å²) in [7, 11) is 0. The minimum atomic E-state index is 0.431. The molecule has 0 saturated heterocycles. The molecular formula is C50H40N2O. The van der Waals surface area contributed by atoms with Crippen LogP contribution in [0.1, 0.15) is 11.1 Å². The molecule has 0 unspecified atom stereocenters. The summed E-state index contributed by atoms with van der Waals surface area (Å²) in [6.45, 7) is 2.54. The lowest BCUT2D eigenvalue weighted by Crippen LogP contribution is -2.09. The number of nitrogens with zero attached hydrogens (tertiary/aromatic N) is 1. The summed E-state index contributed by atoms with van der Waals surface area (Å²) in [4.78, 5) is 2.29. The normalized spacial score (nSPS) is 10.9. The quantitative estimate of drug-likeness (QED) is 0.146. The predicted octanol–water partition coefficient (Wildman–Crippen LogP) is 13.3. The van der Waals surface area contributed by atoms with Gasteiger partial charge in [-0.2, -0.15) is 0 Å². The van der Waals surface area contributed by atoms with Gasteiger partial charge in [0.2, 0.25) is 0 Å². The van der Waals surface area contributed by atoms with Crippen molar-refractivity contribution in [3.05, 3.63) is 211 Å². The molecule has 0 atom stereocenters. The van der Waals surface area contributed by atoms with Crippen molar-refractivity contribution in [3.8, 4) is 50.3 Å². The van der Waals surface area contributed by atoms with Crippen LogP contribution in [0.15, 0.2) is 200 Å². The summed E-state index contributed by atoms with van der Waals surface area (Å²) in [5.41, 5.74) is 22.0. The van der Waals surface area contributed by atoms with Gasteiger partial charge in [-0.25, -0.2) is 0 Å². The molecule has 0 amide bonds. The van der Waals surface area contributed by atoms with Gasteiger partial charge in [0, 0.05) is 17.1 Å². The van der Waals surface area contributed by atoms with Crippen molar-refractivity contribution < 1.29 is 4.74 Å². The lowest BCUT2D eigenvalue weighted by molar-refractivity contribution is 0.308. The second-order valence-corrected chi connectivity index (χ2v) is 13.2. The van der Waals surface area contributed by atoms with Gasteiger partial charge in [0.15, 0.2) is 0 Å². The van der Waals surface area contributed by atoms with Crippen LogP contribution in [-0.2, 0) is 6.61 Å². The minimum Gasteiger partial charge on any atom is -0.487 e. The van der Waals surface area contributed by atoms with Crippen molar-refractivity contribution in [2.75, 3.05) is 10.6 Å². The molecule has 0 spiro atoms. The minimum absolute atomic E-state index is 0.431. The smallest absolute Gasteiger partial charge is 0.142 e. The highest BCUT2D eigenvalue weighted by atomic mass is 16.5. The highest BCUT2D eigenvalue weighted by molar-refractivity contribution is 5.92. The van der Waals surface area contributed by atoms with E-state index < -0.39 is 0 Å². The monoisotopic (exact) mass is 684 g/mol. The first-order chi connectivity index (χ1) is 26.1. The van der Waals surface area contributed by atoms with E-state index in [1.54, 1.807) is 0 Å². The molecule has 0 saturated carbocycles. The van der Waals surface area contributed by atoms with Crippen molar-refractivity contribution in [2.45, 2.75) is 13.5 Å². The molecule has 0 aliphatic heterocycles. The highest BCUT2D eigenvalue weighted by Gasteiger charge is 2.15. The van der Waals surface area contributed by atoms with E-state index in [1.165, 1.54) is 38.9 Å². The molecule has 0 aromatic heterocycles. The number of hydrogen-bond donors (Lipinski definition) is 1. The van der Waals surface area contributed by atoms with Crippen molar-refractivity contribution in [2.24, 2.45) is 0 Å². The van der Waals surface area contributed by atoms with Crippen molar-refractivity contribution in [1.82, 2.24) is 0 Å². The topological polar surface area (TPSA) is 38.5 Å². The Balaban J connectivity index is 1.03. The van der Waals surface area contributed by atoms with E-state index in [9.17, 15) is 0 Å². The standard InChI is InChI=1S/C50H40N2O/c1-36-14-8-9-19-44(36)40-30-33-50(49(51)34-40)53-35-37-24-26-38(27-25-37)45-20-10-12-22-47(45)48-23-13-11-21-46(48)39-28-31-43(32-29-39)52(41-15-4-2-5-16-41)42-17-6-3-7-18-42/h2-34H,35,51H2,1H3. The molecule has 0 radical (unpaired) electrons. The molecule has 256 valence electrons. The third-order valence-electron chi connectivity index (χ3n) is 9.73. The fourth-order valence-electron chi connectivity index (χ4n) is 7.02. The van der Waals surface area contributed by atoms with Crippen LogP contribution in [0.4, 0.5) is 22.7 Å². The zero-order chi connectivity index (χ0) is 36.0. The summed E-state index contributed by atoms with van der Waals surface area (Å²) in [6, 6.07) is 70.2. The third-order valence-corrected chi connectivity index (χ3v) is 9.73. The molecule has 8 rings (SSSR count). The summed E-state index contributed by atoms with van der Waals surface area (Å²) >= 11 is 0. The van der Waals surface area contributed by atoms with Crippen LogP contribution in [0.5, 0.6) is 5.75 Å². The maximum Gasteiger partial charge on any atom is 0.142 e. The largest absolute Gasteiger partial charge is 0.487 e. The predicted molar refractivity (Wildman–Crippen MR) is 223 cm³/mol. The fourth-order valence-corrected chi connectivity index (χ4v) is 7.02. The molecule has 0 bridgehead atoms. The maximum absolute atomic E-state index is 6.44. The number of aryl methyl sites for hydroxylation is 1. The molecular weight excluding hydrogens is 645 g/mol. The van der Waals surface area contributed by atoms with E-state index in [1.807, 2.05) is 12.1 Å². The molecule has 8 aromatic carbocycles. The van der Waals surface area contributed by atoms with Crippen LogP contribution in [0, 0.1) is 6.92 Å². The van der Waals surface area contributed by atoms with Crippen molar-refractivity contribution in [1.29, 1.82) is 0 Å². The van der Waals surface area contributed by atoms with Crippen LogP contribution in [0.25, 0.3) is 44.5 Å². The number of para-hydroxylation sites is 2. The second-order valence-electron chi connectivity index (χ2n) is 13.2. The molecule has 8 aromatic rings. The second kappa shape index (κ2) is 15.2. The van der Waals surface area contributed by atoms with Gasteiger partial charge < -0.3 is 15.4 Å². The Kier molecular flexibility index (Phi) is 9.54. The Morgan fingerprint density at radius 3 is 1.38 bits per heavy atom. The van der Waals surface area contributed by atoms with Gasteiger partial charge in [0.25, 0.3) is 0 Å². The lowest BCUT2D eigenvalue weighted by Gasteiger charge is -2.25. The van der Waals surface area contributed by atoms with Gasteiger partial charge >= 0.3 is 0 Å². The molecule has 53 heavy (non-hydrogen) atoms. The number of hydrogen-bond acceptors (Lipinski definition) is 3. The van der Waals surface area contributed by atoms with E-state index in [0.717, 1.165) is 33.8 Å². The van der Waals surface area contributed by atoms with Gasteiger partial charge in [-0.3, -0.25) is 0 Å². The van der Waals surface area contributed by atoms with Gasteiger partial charge in [0.1, 0.15) is 12.4 Å². The number of rotatable bonds is 10. The summed E-state index contributed by atoms with van der Waals surface area (Å²) in [5, 5.41) is 0. The summed E-state index contributed by atoms with van der Waals surface area (Å²) < 4.78 is 6.19. The number of nitrogen functional groups attached to an aromatic ring is 1. The first kappa shape index (κ1) is 33.3. The maximum atomic E-state index is 6.44. The van der Waals surface area contributed by atoms with Gasteiger partial charge in [-0.05, 0) is 111 Å². The van der Waals surface area contributed by atoms with Crippen LogP contribution >= 0.6 is 0 Å². The summed E-state index contributed by atoms with van der Waals surface area (Å²) in [5.74, 6) is 0.689. The summed E-state index contributed by atoms with van der Waals surface area (Å²) in [6.07, 6.45) is 0. The highest BCUT2D eigenvalue weighted by Crippen LogP contribution is 2.40. The zero-order valence-corrected chi connectivity index (χ0v) is 29.7. The Morgan fingerprint density at radius 1 is 0.415 bits per heavy atom. The average Bonchev–Trinajstić information content (AvgIpc) is 3.22. The molecule has 0 fully saturated rings. The van der Waals surface area contributed by atoms with Crippen LogP contribution < -0.4 is 15.4 Å². The van der Waals surface area contributed by atoms with E-state index in [2.05, 4.69) is 200 Å². The SMILES string of the molecule is Cc1ccccc1-c1ccc(OCc2ccc(-c3ccccc3-c3ccccc3-c3ccc(N(c4ccccc4)c4ccccc4)cc3)cc2)c(N)c1. The number of benzene rings is 8. The number of anilines is 4. The fraction of sp³-hybridized carbons (Fsp3) is 0.0400. The lowest BCUT2D eigenvalue weighted by atomic mass is 9.89. The van der Waals surface area contributed by atoms with Crippen LogP contribution in [0.3, 0.4) is 0 Å². The Hall–Kier alpha value is -6.84. The Bertz CT molecular complexity index is 2420. The molecule has 0 heterocycles. The van der Waals surface area contributed by atoms with Crippen LogP contribution in [-0.4, -0.2) is 0 Å². The van der Waals surface area contributed by atoms with Crippen molar-refractivity contribution in [3.63, 3.8) is 0 Å². The van der Waals surface area contributed by atoms with E-state index >= 15 is 0 Å². The van der Waals surface area contributed by atoms with Crippen molar-refractivity contribution >= 4 is 22.7 Å². The Morgan fingerprint density at radius 2 is 0.849 bits per heavy atom. The zero-order valence-electron chi connectivity index (χ0n) is 29.7.